The molecule has 1 saturated heterocycles. The molecule has 1 aliphatic heterocycles. The average molecular weight is 440 g/mol. The first-order chi connectivity index (χ1) is 13.9. The van der Waals surface area contributed by atoms with Crippen molar-refractivity contribution in [3.8, 4) is 5.75 Å². The number of nitrogens with zero attached hydrogens (tertiary/aromatic N) is 2. The van der Waals surface area contributed by atoms with Crippen LogP contribution in [0.15, 0.2) is 42.5 Å². The fourth-order valence-electron chi connectivity index (χ4n) is 2.91. The molecule has 0 unspecified atom stereocenters. The minimum Gasteiger partial charge on any atom is -0.482 e. The van der Waals surface area contributed by atoms with E-state index in [0.717, 1.165) is 0 Å². The highest BCUT2D eigenvalue weighted by molar-refractivity contribution is 6.34. The second-order valence-corrected chi connectivity index (χ2v) is 7.42. The lowest BCUT2D eigenvalue weighted by Crippen LogP contribution is -2.51. The predicted octanol–water partition coefficient (Wildman–Crippen LogP) is 3.29. The Labute approximate surface area is 178 Å². The topological polar surface area (TPSA) is 61.9 Å². The van der Waals surface area contributed by atoms with Gasteiger partial charge in [0, 0.05) is 43.0 Å². The van der Waals surface area contributed by atoms with E-state index in [0.29, 0.717) is 47.7 Å². The number of nitrogens with one attached hydrogen (secondary N) is 1. The molecule has 154 valence electrons. The van der Waals surface area contributed by atoms with Gasteiger partial charge in [-0.1, -0.05) is 23.2 Å². The van der Waals surface area contributed by atoms with Crippen molar-refractivity contribution < 1.29 is 18.7 Å². The number of carbonyl (C=O) groups is 2. The molecule has 0 aliphatic carbocycles. The van der Waals surface area contributed by atoms with Gasteiger partial charge in [-0.2, -0.15) is 0 Å². The zero-order chi connectivity index (χ0) is 20.8. The van der Waals surface area contributed by atoms with Gasteiger partial charge in [0.25, 0.3) is 5.91 Å². The summed E-state index contributed by atoms with van der Waals surface area (Å²) in [7, 11) is 0. The van der Waals surface area contributed by atoms with Crippen LogP contribution in [-0.2, 0) is 9.59 Å². The first-order valence-electron chi connectivity index (χ1n) is 9.04. The second kappa shape index (κ2) is 9.91. The first-order valence-corrected chi connectivity index (χ1v) is 9.80. The van der Waals surface area contributed by atoms with Gasteiger partial charge in [0.1, 0.15) is 11.6 Å². The molecule has 0 atom stereocenters. The zero-order valence-electron chi connectivity index (χ0n) is 15.5. The Morgan fingerprint density at radius 3 is 2.41 bits per heavy atom. The molecule has 0 radical (unpaired) electrons. The van der Waals surface area contributed by atoms with Crippen molar-refractivity contribution in [1.82, 2.24) is 9.80 Å². The minimum atomic E-state index is -0.356. The Kier molecular flexibility index (Phi) is 7.30. The van der Waals surface area contributed by atoms with Crippen LogP contribution in [0.1, 0.15) is 0 Å². The molecule has 1 N–H and O–H groups in total. The number of anilines is 1. The fraction of sp³-hybridized carbons (Fsp3) is 0.300. The molecule has 3 rings (SSSR count). The lowest BCUT2D eigenvalue weighted by atomic mass is 10.3. The van der Waals surface area contributed by atoms with Crippen LogP contribution in [-0.4, -0.2) is 60.9 Å². The van der Waals surface area contributed by atoms with E-state index in [2.05, 4.69) is 5.32 Å². The normalized spacial score (nSPS) is 14.5. The number of piperazine rings is 1. The summed E-state index contributed by atoms with van der Waals surface area (Å²) in [6.45, 7) is 2.20. The van der Waals surface area contributed by atoms with Crippen LogP contribution >= 0.6 is 23.2 Å². The lowest BCUT2D eigenvalue weighted by molar-refractivity contribution is -0.135. The third-order valence-electron chi connectivity index (χ3n) is 4.46. The summed E-state index contributed by atoms with van der Waals surface area (Å²) in [5.41, 5.74) is 0.544. The highest BCUT2D eigenvalue weighted by atomic mass is 35.5. The first kappa shape index (κ1) is 21.4. The minimum absolute atomic E-state index is 0.134. The standard InChI is InChI=1S/C20H20Cl2FN3O3/c21-14-1-6-17(22)18(11-14)29-13-20(28)26-9-7-25(8-10-26)12-19(27)24-16-4-2-15(23)3-5-16/h1-6,11H,7-10,12-13H2,(H,24,27). The molecular weight excluding hydrogens is 420 g/mol. The third kappa shape index (κ3) is 6.32. The van der Waals surface area contributed by atoms with Gasteiger partial charge in [0.05, 0.1) is 11.6 Å². The van der Waals surface area contributed by atoms with Crippen molar-refractivity contribution >= 4 is 40.7 Å². The summed E-state index contributed by atoms with van der Waals surface area (Å²) >= 11 is 11.9. The van der Waals surface area contributed by atoms with Crippen molar-refractivity contribution in [2.45, 2.75) is 0 Å². The van der Waals surface area contributed by atoms with E-state index in [4.69, 9.17) is 27.9 Å². The average Bonchev–Trinajstić information content (AvgIpc) is 2.70. The van der Waals surface area contributed by atoms with Gasteiger partial charge >= 0.3 is 0 Å². The van der Waals surface area contributed by atoms with E-state index in [1.165, 1.54) is 24.3 Å². The predicted molar refractivity (Wildman–Crippen MR) is 110 cm³/mol. The highest BCUT2D eigenvalue weighted by Gasteiger charge is 2.23. The van der Waals surface area contributed by atoms with Crippen molar-refractivity contribution in [3.63, 3.8) is 0 Å². The smallest absolute Gasteiger partial charge is 0.260 e. The summed E-state index contributed by atoms with van der Waals surface area (Å²) in [5, 5.41) is 3.59. The Balaban J connectivity index is 1.41. The maximum absolute atomic E-state index is 12.9. The maximum Gasteiger partial charge on any atom is 0.260 e. The van der Waals surface area contributed by atoms with Gasteiger partial charge in [-0.05, 0) is 36.4 Å². The number of halogens is 3. The Bertz CT molecular complexity index is 872. The third-order valence-corrected chi connectivity index (χ3v) is 5.01. The molecular formula is C20H20Cl2FN3O3. The molecule has 0 aromatic heterocycles. The van der Waals surface area contributed by atoms with E-state index in [1.54, 1.807) is 23.1 Å². The molecule has 2 aromatic rings. The zero-order valence-corrected chi connectivity index (χ0v) is 17.0. The number of ether oxygens (including phenoxy) is 1. The molecule has 1 fully saturated rings. The maximum atomic E-state index is 12.9. The van der Waals surface area contributed by atoms with Crippen LogP contribution in [0.25, 0.3) is 0 Å². The number of benzene rings is 2. The molecule has 1 heterocycles. The summed E-state index contributed by atoms with van der Waals surface area (Å²) in [4.78, 5) is 28.1. The number of rotatable bonds is 6. The van der Waals surface area contributed by atoms with Gasteiger partial charge < -0.3 is 15.0 Å². The van der Waals surface area contributed by atoms with Crippen LogP contribution in [0.2, 0.25) is 10.0 Å². The number of carbonyl (C=O) groups excluding carboxylic acids is 2. The molecule has 29 heavy (non-hydrogen) atoms. The van der Waals surface area contributed by atoms with Crippen LogP contribution in [0.4, 0.5) is 10.1 Å². The Morgan fingerprint density at radius 1 is 1.03 bits per heavy atom. The van der Waals surface area contributed by atoms with Gasteiger partial charge in [-0.3, -0.25) is 14.5 Å². The molecule has 0 spiro atoms. The molecule has 0 bridgehead atoms. The van der Waals surface area contributed by atoms with E-state index >= 15 is 0 Å². The van der Waals surface area contributed by atoms with E-state index in [9.17, 15) is 14.0 Å². The highest BCUT2D eigenvalue weighted by Crippen LogP contribution is 2.27. The number of hydrogen-bond acceptors (Lipinski definition) is 4. The summed E-state index contributed by atoms with van der Waals surface area (Å²) in [6, 6.07) is 10.4. The Hall–Kier alpha value is -2.35. The quantitative estimate of drug-likeness (QED) is 0.749. The van der Waals surface area contributed by atoms with Gasteiger partial charge in [-0.15, -0.1) is 0 Å². The molecule has 2 amide bonds. The lowest BCUT2D eigenvalue weighted by Gasteiger charge is -2.34. The van der Waals surface area contributed by atoms with Gasteiger partial charge in [-0.25, -0.2) is 4.39 Å². The number of amides is 2. The Morgan fingerprint density at radius 2 is 1.72 bits per heavy atom. The van der Waals surface area contributed by atoms with Crippen LogP contribution in [0.5, 0.6) is 5.75 Å². The van der Waals surface area contributed by atoms with E-state index in [-0.39, 0.29) is 30.8 Å². The van der Waals surface area contributed by atoms with Crippen molar-refractivity contribution in [2.24, 2.45) is 0 Å². The van der Waals surface area contributed by atoms with Crippen molar-refractivity contribution in [1.29, 1.82) is 0 Å². The van der Waals surface area contributed by atoms with Crippen LogP contribution in [0, 0.1) is 5.82 Å². The van der Waals surface area contributed by atoms with Crippen LogP contribution < -0.4 is 10.1 Å². The SMILES string of the molecule is O=C(CN1CCN(C(=O)COc2cc(Cl)ccc2Cl)CC1)Nc1ccc(F)cc1. The molecule has 1 aliphatic rings. The molecule has 6 nitrogen and oxygen atoms in total. The molecule has 2 aromatic carbocycles. The van der Waals surface area contributed by atoms with Crippen molar-refractivity contribution in [2.75, 3.05) is 44.6 Å². The van der Waals surface area contributed by atoms with Gasteiger partial charge in [0.2, 0.25) is 5.91 Å². The number of hydrogen-bond donors (Lipinski definition) is 1. The molecule has 0 saturated carbocycles. The summed E-state index contributed by atoms with van der Waals surface area (Å²) in [6.07, 6.45) is 0. The fourth-order valence-corrected chi connectivity index (χ4v) is 3.24. The largest absolute Gasteiger partial charge is 0.482 e. The summed E-state index contributed by atoms with van der Waals surface area (Å²) in [5.74, 6) is -0.333. The van der Waals surface area contributed by atoms with E-state index < -0.39 is 0 Å². The summed E-state index contributed by atoms with van der Waals surface area (Å²) < 4.78 is 18.4. The van der Waals surface area contributed by atoms with Crippen LogP contribution in [0.3, 0.4) is 0 Å². The van der Waals surface area contributed by atoms with E-state index in [1.807, 2.05) is 4.90 Å². The second-order valence-electron chi connectivity index (χ2n) is 6.58. The van der Waals surface area contributed by atoms with Crippen molar-refractivity contribution in [3.05, 3.63) is 58.3 Å². The monoisotopic (exact) mass is 439 g/mol. The molecule has 9 heteroatoms. The van der Waals surface area contributed by atoms with Gasteiger partial charge in [0.15, 0.2) is 6.61 Å².